The molecule has 0 aliphatic carbocycles. The molecule has 2 aromatic rings. The van der Waals surface area contributed by atoms with Crippen LogP contribution in [0, 0.1) is 0 Å². The summed E-state index contributed by atoms with van der Waals surface area (Å²) in [5.41, 5.74) is 0.565. The van der Waals surface area contributed by atoms with Gasteiger partial charge in [-0.3, -0.25) is 19.1 Å². The maximum atomic E-state index is 13.1. The van der Waals surface area contributed by atoms with Crippen LogP contribution in [0.4, 0.5) is 0 Å². The molecular weight excluding hydrogens is 362 g/mol. The third-order valence-corrected chi connectivity index (χ3v) is 5.62. The first kappa shape index (κ1) is 21.4. The van der Waals surface area contributed by atoms with Crippen LogP contribution in [0.1, 0.15) is 34.6 Å². The summed E-state index contributed by atoms with van der Waals surface area (Å²) in [5.74, 6) is -0.333. The lowest BCUT2D eigenvalue weighted by Crippen LogP contribution is -2.40. The fourth-order valence-electron chi connectivity index (χ4n) is 3.14. The summed E-state index contributed by atoms with van der Waals surface area (Å²) in [6.45, 7) is 11.6. The number of esters is 1. The summed E-state index contributed by atoms with van der Waals surface area (Å²) in [7, 11) is 1.36. The zero-order valence-electron chi connectivity index (χ0n) is 16.9. The minimum Gasteiger partial charge on any atom is -0.468 e. The van der Waals surface area contributed by atoms with Gasteiger partial charge in [-0.15, -0.1) is 0 Å². The number of hydrogen-bond donors (Lipinski definition) is 0. The van der Waals surface area contributed by atoms with E-state index in [4.69, 9.17) is 4.74 Å². The van der Waals surface area contributed by atoms with E-state index < -0.39 is 5.25 Å². The van der Waals surface area contributed by atoms with E-state index in [-0.39, 0.29) is 11.5 Å². The molecule has 0 radical (unpaired) electrons. The second-order valence-corrected chi connectivity index (χ2v) is 8.38. The Hall–Kier alpha value is -1.86. The Balaban J connectivity index is 2.44. The third-order valence-electron chi connectivity index (χ3n) is 4.55. The Kier molecular flexibility index (Phi) is 7.44. The van der Waals surface area contributed by atoms with Crippen molar-refractivity contribution in [3.8, 4) is 0 Å². The fourth-order valence-corrected chi connectivity index (χ4v) is 4.10. The summed E-state index contributed by atoms with van der Waals surface area (Å²) in [6, 6.07) is 8.06. The highest BCUT2D eigenvalue weighted by atomic mass is 32.2. The Bertz CT molecular complexity index is 840. The Labute approximate surface area is 164 Å². The molecule has 0 saturated heterocycles. The number of benzene rings is 1. The van der Waals surface area contributed by atoms with E-state index in [1.807, 2.05) is 18.2 Å². The Morgan fingerprint density at radius 2 is 1.81 bits per heavy atom. The van der Waals surface area contributed by atoms with Crippen molar-refractivity contribution in [2.75, 3.05) is 13.7 Å². The van der Waals surface area contributed by atoms with Crippen molar-refractivity contribution in [2.24, 2.45) is 0 Å². The molecule has 1 aromatic heterocycles. The van der Waals surface area contributed by atoms with Crippen LogP contribution >= 0.6 is 11.8 Å². The average molecular weight is 392 g/mol. The van der Waals surface area contributed by atoms with Gasteiger partial charge in [-0.2, -0.15) is 0 Å². The average Bonchev–Trinajstić information content (AvgIpc) is 2.62. The fraction of sp³-hybridized carbons (Fsp3) is 0.550. The molecule has 0 bridgehead atoms. The number of carbonyl (C=O) groups is 1. The molecule has 1 aromatic carbocycles. The molecular formula is C20H29N3O3S. The number of methoxy groups -OCH3 is 1. The van der Waals surface area contributed by atoms with Crippen molar-refractivity contribution in [1.82, 2.24) is 14.5 Å². The molecule has 0 amide bonds. The standard InChI is InChI=1S/C20H29N3O3S/c1-13(2)22(14(3)4)11-12-23-18(24)16-9-7-8-10-17(16)21-20(23)27-15(5)19(25)26-6/h7-10,13-15H,11-12H2,1-6H3. The minimum atomic E-state index is -0.444. The van der Waals surface area contributed by atoms with Crippen molar-refractivity contribution in [1.29, 1.82) is 0 Å². The smallest absolute Gasteiger partial charge is 0.318 e. The molecule has 1 unspecified atom stereocenters. The molecule has 148 valence electrons. The second kappa shape index (κ2) is 9.37. The highest BCUT2D eigenvalue weighted by Gasteiger charge is 2.21. The van der Waals surface area contributed by atoms with Crippen LogP contribution in [0.15, 0.2) is 34.2 Å². The lowest BCUT2D eigenvalue weighted by Gasteiger charge is -2.31. The molecule has 0 saturated carbocycles. The normalized spacial score (nSPS) is 12.9. The van der Waals surface area contributed by atoms with Gasteiger partial charge in [0, 0.05) is 25.2 Å². The maximum Gasteiger partial charge on any atom is 0.318 e. The second-order valence-electron chi connectivity index (χ2n) is 7.08. The van der Waals surface area contributed by atoms with Crippen LogP contribution in [-0.2, 0) is 16.1 Å². The monoisotopic (exact) mass is 391 g/mol. The van der Waals surface area contributed by atoms with Crippen molar-refractivity contribution in [3.05, 3.63) is 34.6 Å². The Morgan fingerprint density at radius 1 is 1.19 bits per heavy atom. The predicted molar refractivity (Wildman–Crippen MR) is 110 cm³/mol. The van der Waals surface area contributed by atoms with E-state index in [1.54, 1.807) is 17.6 Å². The van der Waals surface area contributed by atoms with E-state index in [0.29, 0.717) is 34.7 Å². The van der Waals surface area contributed by atoms with Crippen molar-refractivity contribution in [2.45, 2.75) is 63.7 Å². The molecule has 0 fully saturated rings. The van der Waals surface area contributed by atoms with Gasteiger partial charge in [-0.1, -0.05) is 23.9 Å². The topological polar surface area (TPSA) is 64.4 Å². The highest BCUT2D eigenvalue weighted by molar-refractivity contribution is 8.00. The molecule has 27 heavy (non-hydrogen) atoms. The van der Waals surface area contributed by atoms with Crippen LogP contribution < -0.4 is 5.56 Å². The first-order chi connectivity index (χ1) is 12.8. The largest absolute Gasteiger partial charge is 0.468 e. The first-order valence-electron chi connectivity index (χ1n) is 9.26. The molecule has 1 atom stereocenters. The molecule has 0 spiro atoms. The number of para-hydroxylation sites is 1. The van der Waals surface area contributed by atoms with E-state index in [0.717, 1.165) is 6.54 Å². The van der Waals surface area contributed by atoms with Gasteiger partial charge in [0.1, 0.15) is 5.25 Å². The number of hydrogen-bond acceptors (Lipinski definition) is 6. The number of carbonyl (C=O) groups excluding carboxylic acids is 1. The summed E-state index contributed by atoms with van der Waals surface area (Å²) in [4.78, 5) is 31.9. The first-order valence-corrected chi connectivity index (χ1v) is 10.1. The maximum absolute atomic E-state index is 13.1. The van der Waals surface area contributed by atoms with Crippen molar-refractivity contribution in [3.63, 3.8) is 0 Å². The SMILES string of the molecule is COC(=O)C(C)Sc1nc2ccccc2c(=O)n1CCN(C(C)C)C(C)C. The molecule has 1 heterocycles. The van der Waals surface area contributed by atoms with Gasteiger partial charge in [-0.25, -0.2) is 4.98 Å². The number of rotatable bonds is 8. The van der Waals surface area contributed by atoms with E-state index in [9.17, 15) is 9.59 Å². The summed E-state index contributed by atoms with van der Waals surface area (Å²) in [5, 5.41) is 0.692. The lowest BCUT2D eigenvalue weighted by atomic mass is 10.2. The lowest BCUT2D eigenvalue weighted by molar-refractivity contribution is -0.139. The number of thioether (sulfide) groups is 1. The van der Waals surface area contributed by atoms with E-state index in [2.05, 4.69) is 37.6 Å². The van der Waals surface area contributed by atoms with Crippen LogP contribution in [0.2, 0.25) is 0 Å². The molecule has 7 heteroatoms. The van der Waals surface area contributed by atoms with Crippen molar-refractivity contribution >= 4 is 28.6 Å². The molecule has 0 N–H and O–H groups in total. The van der Waals surface area contributed by atoms with Gasteiger partial charge in [0.05, 0.1) is 18.0 Å². The zero-order valence-corrected chi connectivity index (χ0v) is 17.7. The van der Waals surface area contributed by atoms with Crippen LogP contribution in [-0.4, -0.2) is 51.4 Å². The molecule has 2 rings (SSSR count). The summed E-state index contributed by atoms with van der Waals surface area (Å²) < 4.78 is 6.50. The van der Waals surface area contributed by atoms with E-state index >= 15 is 0 Å². The number of nitrogens with zero attached hydrogens (tertiary/aromatic N) is 3. The molecule has 6 nitrogen and oxygen atoms in total. The number of aromatic nitrogens is 2. The predicted octanol–water partition coefficient (Wildman–Crippen LogP) is 3.17. The number of fused-ring (bicyclic) bond motifs is 1. The minimum absolute atomic E-state index is 0.0763. The van der Waals surface area contributed by atoms with Gasteiger partial charge in [0.25, 0.3) is 5.56 Å². The van der Waals surface area contributed by atoms with E-state index in [1.165, 1.54) is 18.9 Å². The van der Waals surface area contributed by atoms with Gasteiger partial charge in [0.2, 0.25) is 0 Å². The molecule has 0 aliphatic rings. The van der Waals surface area contributed by atoms with Crippen molar-refractivity contribution < 1.29 is 9.53 Å². The van der Waals surface area contributed by atoms with Crippen LogP contribution in [0.5, 0.6) is 0 Å². The van der Waals surface area contributed by atoms with Gasteiger partial charge in [-0.05, 0) is 46.8 Å². The molecule has 0 aliphatic heterocycles. The van der Waals surface area contributed by atoms with Crippen LogP contribution in [0.25, 0.3) is 10.9 Å². The highest BCUT2D eigenvalue weighted by Crippen LogP contribution is 2.23. The quantitative estimate of drug-likeness (QED) is 0.391. The summed E-state index contributed by atoms with van der Waals surface area (Å²) >= 11 is 1.26. The van der Waals surface area contributed by atoms with Gasteiger partial charge < -0.3 is 4.74 Å². The third kappa shape index (κ3) is 5.11. The Morgan fingerprint density at radius 3 is 2.41 bits per heavy atom. The zero-order chi connectivity index (χ0) is 20.1. The van der Waals surface area contributed by atoms with Gasteiger partial charge >= 0.3 is 5.97 Å². The van der Waals surface area contributed by atoms with Crippen LogP contribution in [0.3, 0.4) is 0 Å². The number of ether oxygens (including phenoxy) is 1. The van der Waals surface area contributed by atoms with Gasteiger partial charge in [0.15, 0.2) is 5.16 Å². The summed E-state index contributed by atoms with van der Waals surface area (Å²) in [6.07, 6.45) is 0.